The van der Waals surface area contributed by atoms with Gasteiger partial charge in [0, 0.05) is 19.5 Å². The summed E-state index contributed by atoms with van der Waals surface area (Å²) in [6.07, 6.45) is -0.126. The van der Waals surface area contributed by atoms with Crippen LogP contribution >= 0.6 is 0 Å². The molecule has 0 radical (unpaired) electrons. The first-order valence-corrected chi connectivity index (χ1v) is 9.11. The predicted octanol–water partition coefficient (Wildman–Crippen LogP) is 1.31. The highest BCUT2D eigenvalue weighted by Crippen LogP contribution is 2.25. The van der Waals surface area contributed by atoms with Gasteiger partial charge >= 0.3 is 0 Å². The largest absolute Gasteiger partial charge is 0.353 e. The number of carbonyl (C=O) groups excluding carboxylic acids is 2. The second-order valence-electron chi connectivity index (χ2n) is 5.84. The molecule has 0 unspecified atom stereocenters. The Hall–Kier alpha value is -2.25. The molecular weight excluding hydrogens is 328 g/mol. The van der Waals surface area contributed by atoms with Gasteiger partial charge in [0.1, 0.15) is 11.8 Å². The molecule has 7 heteroatoms. The summed E-state index contributed by atoms with van der Waals surface area (Å²) in [6, 6.07) is 11.3. The first-order valence-electron chi connectivity index (χ1n) is 7.67. The second kappa shape index (κ2) is 6.33. The summed E-state index contributed by atoms with van der Waals surface area (Å²) >= 11 is 0. The van der Waals surface area contributed by atoms with E-state index in [9.17, 15) is 18.0 Å². The lowest BCUT2D eigenvalue weighted by atomic mass is 10.1. The van der Waals surface area contributed by atoms with E-state index in [1.165, 1.54) is 13.0 Å². The minimum atomic E-state index is -3.86. The van der Waals surface area contributed by atoms with Crippen molar-refractivity contribution in [1.29, 1.82) is 0 Å². The molecule has 2 aromatic rings. The minimum absolute atomic E-state index is 0.126. The zero-order chi connectivity index (χ0) is 17.3. The van der Waals surface area contributed by atoms with E-state index in [0.717, 1.165) is 15.1 Å². The number of benzene rings is 2. The van der Waals surface area contributed by atoms with E-state index in [2.05, 4.69) is 5.32 Å². The zero-order valence-corrected chi connectivity index (χ0v) is 14.0. The van der Waals surface area contributed by atoms with Crippen LogP contribution < -0.4 is 5.32 Å². The number of sulfonamides is 1. The summed E-state index contributed by atoms with van der Waals surface area (Å²) in [4.78, 5) is 23.6. The van der Waals surface area contributed by atoms with Crippen molar-refractivity contribution in [1.82, 2.24) is 9.62 Å². The maximum atomic E-state index is 13.0. The Balaban J connectivity index is 2.03. The first kappa shape index (κ1) is 16.6. The molecule has 1 fully saturated rings. The molecule has 2 aromatic carbocycles. The van der Waals surface area contributed by atoms with Crippen molar-refractivity contribution in [2.45, 2.75) is 24.3 Å². The Bertz CT molecular complexity index is 908. The maximum Gasteiger partial charge on any atom is 0.243 e. The second-order valence-corrected chi connectivity index (χ2v) is 7.73. The molecule has 1 atom stereocenters. The van der Waals surface area contributed by atoms with Gasteiger partial charge in [-0.25, -0.2) is 8.42 Å². The summed E-state index contributed by atoms with van der Waals surface area (Å²) in [6.45, 7) is 1.74. The average Bonchev–Trinajstić information content (AvgIpc) is 2.55. The fourth-order valence-corrected chi connectivity index (χ4v) is 4.54. The third kappa shape index (κ3) is 3.05. The first-order chi connectivity index (χ1) is 11.4. The quantitative estimate of drug-likeness (QED) is 0.905. The molecule has 0 aromatic heterocycles. The van der Waals surface area contributed by atoms with Gasteiger partial charge in [-0.2, -0.15) is 4.31 Å². The molecule has 0 spiro atoms. The molecule has 3 rings (SSSR count). The van der Waals surface area contributed by atoms with Crippen LogP contribution in [-0.2, 0) is 19.6 Å². The number of rotatable bonds is 4. The summed E-state index contributed by atoms with van der Waals surface area (Å²) < 4.78 is 27.1. The molecule has 6 nitrogen and oxygen atoms in total. The fraction of sp³-hybridized carbons (Fsp3) is 0.294. The van der Waals surface area contributed by atoms with Gasteiger partial charge in [-0.3, -0.25) is 9.59 Å². The van der Waals surface area contributed by atoms with Crippen LogP contribution in [0.3, 0.4) is 0 Å². The number of carbonyl (C=O) groups is 2. The van der Waals surface area contributed by atoms with Gasteiger partial charge in [0.15, 0.2) is 0 Å². The molecule has 24 heavy (non-hydrogen) atoms. The van der Waals surface area contributed by atoms with Crippen LogP contribution in [0.5, 0.6) is 0 Å². The van der Waals surface area contributed by atoms with Gasteiger partial charge in [-0.05, 0) is 29.8 Å². The third-order valence-corrected chi connectivity index (χ3v) is 5.99. The van der Waals surface area contributed by atoms with Gasteiger partial charge in [-0.1, -0.05) is 30.3 Å². The number of piperazine rings is 1. The number of Topliss-reactive ketones (excluding diaryl/α,β-unsaturated/α-hetero) is 1. The molecule has 0 bridgehead atoms. The molecule has 1 aliphatic heterocycles. The van der Waals surface area contributed by atoms with Crippen LogP contribution in [-0.4, -0.2) is 43.5 Å². The minimum Gasteiger partial charge on any atom is -0.353 e. The highest BCUT2D eigenvalue weighted by atomic mass is 32.2. The van der Waals surface area contributed by atoms with Gasteiger partial charge in [0.05, 0.1) is 4.90 Å². The molecule has 1 N–H and O–H groups in total. The molecule has 126 valence electrons. The normalized spacial score (nSPS) is 19.2. The van der Waals surface area contributed by atoms with Gasteiger partial charge in [0.25, 0.3) is 0 Å². The van der Waals surface area contributed by atoms with E-state index in [0.29, 0.717) is 0 Å². The molecule has 1 aliphatic rings. The lowest BCUT2D eigenvalue weighted by Gasteiger charge is -2.33. The summed E-state index contributed by atoms with van der Waals surface area (Å²) in [5.74, 6) is -0.656. The van der Waals surface area contributed by atoms with Gasteiger partial charge in [-0.15, -0.1) is 0 Å². The Labute approximate surface area is 140 Å². The number of nitrogens with zero attached hydrogens (tertiary/aromatic N) is 1. The summed E-state index contributed by atoms with van der Waals surface area (Å²) in [5.41, 5.74) is 0. The van der Waals surface area contributed by atoms with Crippen molar-refractivity contribution in [2.75, 3.05) is 13.1 Å². The third-order valence-electron chi connectivity index (χ3n) is 4.09. The van der Waals surface area contributed by atoms with Crippen molar-refractivity contribution >= 4 is 32.5 Å². The predicted molar refractivity (Wildman–Crippen MR) is 89.9 cm³/mol. The lowest BCUT2D eigenvalue weighted by Crippen LogP contribution is -2.57. The van der Waals surface area contributed by atoms with Gasteiger partial charge in [0.2, 0.25) is 15.9 Å². The summed E-state index contributed by atoms with van der Waals surface area (Å²) in [7, 11) is -3.86. The summed E-state index contributed by atoms with van der Waals surface area (Å²) in [5, 5.41) is 4.37. The zero-order valence-electron chi connectivity index (χ0n) is 13.2. The molecule has 1 heterocycles. The van der Waals surface area contributed by atoms with E-state index in [-0.39, 0.29) is 30.2 Å². The number of hydrogen-bond acceptors (Lipinski definition) is 4. The standard InChI is InChI=1S/C17H18N2O4S/c1-12(20)10-16-17(21)18-8-9-19(16)24(22,23)15-7-6-13-4-2-3-5-14(13)11-15/h2-7,11,16H,8-10H2,1H3,(H,18,21)/t16-/m1/s1. The van der Waals surface area contributed by atoms with Crippen molar-refractivity contribution in [3.05, 3.63) is 42.5 Å². The van der Waals surface area contributed by atoms with Crippen molar-refractivity contribution < 1.29 is 18.0 Å². The fourth-order valence-electron chi connectivity index (χ4n) is 2.91. The van der Waals surface area contributed by atoms with Crippen LogP contribution in [0, 0.1) is 0 Å². The number of ketones is 1. The van der Waals surface area contributed by atoms with Gasteiger partial charge < -0.3 is 5.32 Å². The SMILES string of the molecule is CC(=O)C[C@@H]1C(=O)NCCN1S(=O)(=O)c1ccc2ccccc2c1. The number of nitrogens with one attached hydrogen (secondary N) is 1. The highest BCUT2D eigenvalue weighted by molar-refractivity contribution is 7.89. The Morgan fingerprint density at radius 2 is 1.92 bits per heavy atom. The lowest BCUT2D eigenvalue weighted by molar-refractivity contribution is -0.130. The van der Waals surface area contributed by atoms with Crippen LogP contribution in [0.2, 0.25) is 0 Å². The smallest absolute Gasteiger partial charge is 0.243 e. The number of amides is 1. The molecule has 0 aliphatic carbocycles. The number of hydrogen-bond donors (Lipinski definition) is 1. The molecule has 0 saturated carbocycles. The topological polar surface area (TPSA) is 83.6 Å². The van der Waals surface area contributed by atoms with Crippen molar-refractivity contribution in [2.24, 2.45) is 0 Å². The van der Waals surface area contributed by atoms with E-state index >= 15 is 0 Å². The van der Waals surface area contributed by atoms with Crippen LogP contribution in [0.1, 0.15) is 13.3 Å². The van der Waals surface area contributed by atoms with Crippen LogP contribution in [0.15, 0.2) is 47.4 Å². The highest BCUT2D eigenvalue weighted by Gasteiger charge is 2.39. The van der Waals surface area contributed by atoms with E-state index < -0.39 is 22.0 Å². The maximum absolute atomic E-state index is 13.0. The molecular formula is C17H18N2O4S. The Morgan fingerprint density at radius 1 is 1.21 bits per heavy atom. The average molecular weight is 346 g/mol. The van der Waals surface area contributed by atoms with E-state index in [4.69, 9.17) is 0 Å². The Morgan fingerprint density at radius 3 is 2.62 bits per heavy atom. The number of fused-ring (bicyclic) bond motifs is 1. The Kier molecular flexibility index (Phi) is 4.38. The van der Waals surface area contributed by atoms with E-state index in [1.807, 2.05) is 24.3 Å². The van der Waals surface area contributed by atoms with Crippen LogP contribution in [0.4, 0.5) is 0 Å². The van der Waals surface area contributed by atoms with E-state index in [1.54, 1.807) is 12.1 Å². The van der Waals surface area contributed by atoms with Crippen molar-refractivity contribution in [3.8, 4) is 0 Å². The molecule has 1 saturated heterocycles. The molecule has 1 amide bonds. The monoisotopic (exact) mass is 346 g/mol. The van der Waals surface area contributed by atoms with Crippen LogP contribution in [0.25, 0.3) is 10.8 Å². The van der Waals surface area contributed by atoms with Crippen molar-refractivity contribution in [3.63, 3.8) is 0 Å².